The van der Waals surface area contributed by atoms with Crippen LogP contribution in [0, 0.1) is 13.8 Å². The summed E-state index contributed by atoms with van der Waals surface area (Å²) >= 11 is 6.38. The van der Waals surface area contributed by atoms with Gasteiger partial charge in [-0.1, -0.05) is 29.8 Å². The first-order valence-corrected chi connectivity index (χ1v) is 9.40. The summed E-state index contributed by atoms with van der Waals surface area (Å²) in [6, 6.07) is 13.6. The van der Waals surface area contributed by atoms with Crippen LogP contribution in [-0.2, 0) is 6.54 Å². The summed E-state index contributed by atoms with van der Waals surface area (Å²) in [5, 5.41) is 5.22. The quantitative estimate of drug-likeness (QED) is 0.637. The third-order valence-electron chi connectivity index (χ3n) is 4.99. The number of aryl methyl sites for hydroxylation is 2. The maximum Gasteiger partial charge on any atom is 0.336 e. The smallest absolute Gasteiger partial charge is 0.336 e. The van der Waals surface area contributed by atoms with E-state index >= 15 is 0 Å². The fraction of sp³-hybridized carbons (Fsp3) is 0.318. The number of nitrogens with zero attached hydrogens (tertiary/aromatic N) is 1. The number of likely N-dealkylation sites (N-methyl/N-ethyl adjacent to an activating group) is 1. The zero-order valence-corrected chi connectivity index (χ0v) is 16.9. The number of nitrogens with one attached hydrogen (secondary N) is 1. The Kier molecular flexibility index (Phi) is 6.00. The second-order valence-corrected chi connectivity index (χ2v) is 7.56. The highest BCUT2D eigenvalue weighted by Gasteiger charge is 2.17. The minimum atomic E-state index is -0.321. The van der Waals surface area contributed by atoms with Crippen molar-refractivity contribution in [1.82, 2.24) is 10.2 Å². The van der Waals surface area contributed by atoms with Crippen molar-refractivity contribution in [2.45, 2.75) is 26.4 Å². The lowest BCUT2D eigenvalue weighted by atomic mass is 10.0. The van der Waals surface area contributed by atoms with E-state index in [0.717, 1.165) is 27.1 Å². The first kappa shape index (κ1) is 19.6. The van der Waals surface area contributed by atoms with Crippen LogP contribution in [0.3, 0.4) is 0 Å². The molecule has 0 radical (unpaired) electrons. The van der Waals surface area contributed by atoms with Gasteiger partial charge >= 0.3 is 5.63 Å². The van der Waals surface area contributed by atoms with Crippen LogP contribution in [0.15, 0.2) is 51.7 Å². The van der Waals surface area contributed by atoms with Gasteiger partial charge in [-0.25, -0.2) is 4.79 Å². The number of hydrogen-bond donors (Lipinski definition) is 1. The molecule has 1 N–H and O–H groups in total. The van der Waals surface area contributed by atoms with E-state index in [1.807, 2.05) is 51.4 Å². The van der Waals surface area contributed by atoms with Crippen LogP contribution in [0.4, 0.5) is 0 Å². The number of fused-ring (bicyclic) bond motifs is 1. The lowest BCUT2D eigenvalue weighted by Gasteiger charge is -2.26. The molecule has 0 unspecified atom stereocenters. The lowest BCUT2D eigenvalue weighted by molar-refractivity contribution is 0.288. The molecule has 1 heterocycles. The molecule has 2 aromatic carbocycles. The van der Waals surface area contributed by atoms with Gasteiger partial charge in [-0.05, 0) is 68.4 Å². The average molecular weight is 385 g/mol. The SMILES string of the molecule is Cc1cc2oc(=O)cc(CNC[C@H](c3ccccc3Cl)N(C)C)c2cc1C. The van der Waals surface area contributed by atoms with Crippen molar-refractivity contribution >= 4 is 22.6 Å². The molecule has 142 valence electrons. The van der Waals surface area contributed by atoms with Crippen molar-refractivity contribution in [3.63, 3.8) is 0 Å². The van der Waals surface area contributed by atoms with Crippen LogP contribution in [0.1, 0.15) is 28.3 Å². The Morgan fingerprint density at radius 2 is 1.81 bits per heavy atom. The number of hydrogen-bond acceptors (Lipinski definition) is 4. The first-order chi connectivity index (χ1) is 12.9. The van der Waals surface area contributed by atoms with E-state index in [9.17, 15) is 4.79 Å². The van der Waals surface area contributed by atoms with Gasteiger partial charge in [0.2, 0.25) is 0 Å². The Balaban J connectivity index is 1.83. The van der Waals surface area contributed by atoms with E-state index in [-0.39, 0.29) is 11.7 Å². The van der Waals surface area contributed by atoms with Crippen LogP contribution < -0.4 is 10.9 Å². The minimum absolute atomic E-state index is 0.133. The highest BCUT2D eigenvalue weighted by atomic mass is 35.5. The van der Waals surface area contributed by atoms with E-state index in [4.69, 9.17) is 16.0 Å². The van der Waals surface area contributed by atoms with E-state index in [1.54, 1.807) is 6.07 Å². The molecule has 0 bridgehead atoms. The standard InChI is InChI=1S/C22H25ClN2O2/c1-14-9-18-16(11-22(26)27-21(18)10-15(14)2)12-24-13-20(25(3)4)17-7-5-6-8-19(17)23/h5-11,20,24H,12-13H2,1-4H3/t20-/m1/s1. The average Bonchev–Trinajstić information content (AvgIpc) is 2.61. The van der Waals surface area contributed by atoms with E-state index in [0.29, 0.717) is 18.7 Å². The summed E-state index contributed by atoms with van der Waals surface area (Å²) in [4.78, 5) is 14.1. The van der Waals surface area contributed by atoms with Crippen LogP contribution in [-0.4, -0.2) is 25.5 Å². The molecule has 0 aliphatic rings. The molecular weight excluding hydrogens is 360 g/mol. The lowest BCUT2D eigenvalue weighted by Crippen LogP contribution is -2.31. The largest absolute Gasteiger partial charge is 0.423 e. The Morgan fingerprint density at radius 1 is 1.11 bits per heavy atom. The third kappa shape index (κ3) is 4.41. The summed E-state index contributed by atoms with van der Waals surface area (Å²) in [7, 11) is 4.07. The summed E-state index contributed by atoms with van der Waals surface area (Å²) in [5.41, 5.74) is 4.64. The summed E-state index contributed by atoms with van der Waals surface area (Å²) in [6.45, 7) is 5.38. The molecule has 0 fully saturated rings. The van der Waals surface area contributed by atoms with Crippen LogP contribution >= 0.6 is 11.6 Å². The van der Waals surface area contributed by atoms with Crippen molar-refractivity contribution in [1.29, 1.82) is 0 Å². The second kappa shape index (κ2) is 8.26. The van der Waals surface area contributed by atoms with Crippen LogP contribution in [0.2, 0.25) is 5.02 Å². The predicted molar refractivity (Wildman–Crippen MR) is 112 cm³/mol. The highest BCUT2D eigenvalue weighted by molar-refractivity contribution is 6.31. The fourth-order valence-electron chi connectivity index (χ4n) is 3.29. The number of benzene rings is 2. The zero-order valence-electron chi connectivity index (χ0n) is 16.2. The van der Waals surface area contributed by atoms with Gasteiger partial charge in [-0.15, -0.1) is 0 Å². The van der Waals surface area contributed by atoms with Gasteiger partial charge in [0, 0.05) is 35.6 Å². The minimum Gasteiger partial charge on any atom is -0.423 e. The van der Waals surface area contributed by atoms with Gasteiger partial charge in [0.15, 0.2) is 0 Å². The predicted octanol–water partition coefficient (Wildman–Crippen LogP) is 4.46. The van der Waals surface area contributed by atoms with Crippen molar-refractivity contribution in [3.8, 4) is 0 Å². The van der Waals surface area contributed by atoms with Gasteiger partial charge < -0.3 is 14.6 Å². The normalized spacial score (nSPS) is 12.7. The highest BCUT2D eigenvalue weighted by Crippen LogP contribution is 2.26. The van der Waals surface area contributed by atoms with Crippen LogP contribution in [0.25, 0.3) is 11.0 Å². The van der Waals surface area contributed by atoms with Crippen LogP contribution in [0.5, 0.6) is 0 Å². The van der Waals surface area contributed by atoms with Crippen molar-refractivity contribution in [2.24, 2.45) is 0 Å². The maximum absolute atomic E-state index is 12.0. The Morgan fingerprint density at radius 3 is 2.52 bits per heavy atom. The summed E-state index contributed by atoms with van der Waals surface area (Å²) < 4.78 is 5.38. The molecule has 5 heteroatoms. The topological polar surface area (TPSA) is 45.5 Å². The molecule has 0 amide bonds. The number of halogens is 1. The van der Waals surface area contributed by atoms with E-state index in [2.05, 4.69) is 23.2 Å². The summed E-state index contributed by atoms with van der Waals surface area (Å²) in [5.74, 6) is 0. The van der Waals surface area contributed by atoms with E-state index < -0.39 is 0 Å². The van der Waals surface area contributed by atoms with Gasteiger partial charge in [-0.2, -0.15) is 0 Å². The molecule has 0 spiro atoms. The maximum atomic E-state index is 12.0. The Bertz CT molecular complexity index is 1010. The van der Waals surface area contributed by atoms with Crippen molar-refractivity contribution in [2.75, 3.05) is 20.6 Å². The summed E-state index contributed by atoms with van der Waals surface area (Å²) in [6.07, 6.45) is 0. The fourth-order valence-corrected chi connectivity index (χ4v) is 3.55. The van der Waals surface area contributed by atoms with Gasteiger partial charge in [-0.3, -0.25) is 0 Å². The molecular formula is C22H25ClN2O2. The first-order valence-electron chi connectivity index (χ1n) is 9.02. The molecule has 0 aliphatic carbocycles. The molecule has 0 saturated heterocycles. The zero-order chi connectivity index (χ0) is 19.6. The Hall–Kier alpha value is -2.14. The molecule has 1 aromatic heterocycles. The molecule has 3 rings (SSSR count). The molecule has 0 saturated carbocycles. The van der Waals surface area contributed by atoms with E-state index in [1.165, 1.54) is 5.56 Å². The Labute approximate surface area is 164 Å². The molecule has 1 atom stereocenters. The molecule has 0 aliphatic heterocycles. The number of rotatable bonds is 6. The molecule has 4 nitrogen and oxygen atoms in total. The third-order valence-corrected chi connectivity index (χ3v) is 5.33. The monoisotopic (exact) mass is 384 g/mol. The van der Waals surface area contributed by atoms with Gasteiger partial charge in [0.05, 0.1) is 0 Å². The van der Waals surface area contributed by atoms with Crippen molar-refractivity contribution in [3.05, 3.63) is 80.2 Å². The van der Waals surface area contributed by atoms with Crippen molar-refractivity contribution < 1.29 is 4.42 Å². The molecule has 3 aromatic rings. The van der Waals surface area contributed by atoms with Gasteiger partial charge in [0.1, 0.15) is 5.58 Å². The molecule has 27 heavy (non-hydrogen) atoms. The second-order valence-electron chi connectivity index (χ2n) is 7.16. The van der Waals surface area contributed by atoms with Gasteiger partial charge in [0.25, 0.3) is 0 Å².